The van der Waals surface area contributed by atoms with Crippen LogP contribution in [-0.4, -0.2) is 84.1 Å². The smallest absolute Gasteiger partial charge is 0.191 e. The van der Waals surface area contributed by atoms with Crippen LogP contribution in [0.1, 0.15) is 12.0 Å². The Morgan fingerprint density at radius 1 is 1.23 bits per heavy atom. The Hall–Kier alpha value is -1.30. The molecule has 2 fully saturated rings. The van der Waals surface area contributed by atoms with E-state index in [1.54, 1.807) is 6.20 Å². The summed E-state index contributed by atoms with van der Waals surface area (Å²) in [6, 6.07) is 10.5. The maximum Gasteiger partial charge on any atom is 0.191 e. The van der Waals surface area contributed by atoms with Gasteiger partial charge in [0, 0.05) is 56.9 Å². The van der Waals surface area contributed by atoms with E-state index in [4.69, 9.17) is 4.74 Å². The molecule has 2 aliphatic rings. The van der Waals surface area contributed by atoms with Crippen LogP contribution in [0.3, 0.4) is 0 Å². The summed E-state index contributed by atoms with van der Waals surface area (Å²) >= 11 is 2.06. The van der Waals surface area contributed by atoms with Gasteiger partial charge in [-0.25, -0.2) is 4.68 Å². The molecule has 31 heavy (non-hydrogen) atoms. The van der Waals surface area contributed by atoms with Crippen molar-refractivity contribution in [1.29, 1.82) is 0 Å². The zero-order valence-corrected chi connectivity index (χ0v) is 21.3. The second-order valence-corrected chi connectivity index (χ2v) is 8.95. The van der Waals surface area contributed by atoms with Gasteiger partial charge in [0.05, 0.1) is 18.9 Å². The third-order valence-corrected chi connectivity index (χ3v) is 7.22. The standard InChI is InChI=1S/C22H32N6OS.HI/c1-23-21(25-17-22(8-16-30-18-22)27-12-14-29-15-13-27)24-10-7-19-3-5-20(6-4-19)28-11-2-9-26-28;/h2-6,9,11H,7-8,10,12-18H2,1H3,(H2,23,24,25);1H. The number of morpholine rings is 1. The number of nitrogens with one attached hydrogen (secondary N) is 2. The zero-order valence-electron chi connectivity index (χ0n) is 18.1. The number of thioether (sulfide) groups is 1. The maximum atomic E-state index is 5.56. The average molecular weight is 557 g/mol. The molecule has 0 saturated carbocycles. The van der Waals surface area contributed by atoms with E-state index >= 15 is 0 Å². The average Bonchev–Trinajstić information content (AvgIpc) is 3.50. The molecule has 2 aliphatic heterocycles. The number of hydrogen-bond donors (Lipinski definition) is 2. The van der Waals surface area contributed by atoms with Crippen molar-refractivity contribution in [3.63, 3.8) is 0 Å². The minimum Gasteiger partial charge on any atom is -0.379 e. The molecule has 1 aromatic heterocycles. The van der Waals surface area contributed by atoms with Crippen LogP contribution in [0.4, 0.5) is 0 Å². The fourth-order valence-electron chi connectivity index (χ4n) is 4.17. The number of guanidine groups is 1. The van der Waals surface area contributed by atoms with Crippen molar-refractivity contribution in [2.45, 2.75) is 18.4 Å². The number of ether oxygens (including phenoxy) is 1. The third kappa shape index (κ3) is 6.36. The molecule has 9 heteroatoms. The van der Waals surface area contributed by atoms with Gasteiger partial charge in [-0.3, -0.25) is 9.89 Å². The summed E-state index contributed by atoms with van der Waals surface area (Å²) in [6.07, 6.45) is 5.93. The van der Waals surface area contributed by atoms with Gasteiger partial charge in [0.15, 0.2) is 5.96 Å². The molecule has 2 aromatic rings. The number of halogens is 1. The maximum absolute atomic E-state index is 5.56. The van der Waals surface area contributed by atoms with Gasteiger partial charge in [0.2, 0.25) is 0 Å². The van der Waals surface area contributed by atoms with Crippen molar-refractivity contribution in [2.24, 2.45) is 4.99 Å². The molecular weight excluding hydrogens is 523 g/mol. The molecule has 170 valence electrons. The Labute approximate surface area is 206 Å². The largest absolute Gasteiger partial charge is 0.379 e. The molecule has 1 aromatic carbocycles. The number of hydrogen-bond acceptors (Lipinski definition) is 5. The van der Waals surface area contributed by atoms with Crippen LogP contribution in [0, 0.1) is 0 Å². The molecular formula is C22H33IN6OS. The van der Waals surface area contributed by atoms with Crippen LogP contribution >= 0.6 is 35.7 Å². The molecule has 3 heterocycles. The van der Waals surface area contributed by atoms with Crippen molar-refractivity contribution < 1.29 is 4.74 Å². The Balaban J connectivity index is 0.00000272. The Kier molecular flexibility index (Phi) is 9.48. The first-order valence-corrected chi connectivity index (χ1v) is 11.9. The van der Waals surface area contributed by atoms with E-state index in [1.807, 2.05) is 24.0 Å². The first-order chi connectivity index (χ1) is 14.8. The monoisotopic (exact) mass is 556 g/mol. The van der Waals surface area contributed by atoms with Gasteiger partial charge < -0.3 is 15.4 Å². The molecule has 7 nitrogen and oxygen atoms in total. The Morgan fingerprint density at radius 3 is 2.68 bits per heavy atom. The highest BCUT2D eigenvalue weighted by molar-refractivity contribution is 14.0. The molecule has 0 spiro atoms. The predicted molar refractivity (Wildman–Crippen MR) is 139 cm³/mol. The topological polar surface area (TPSA) is 66.7 Å². The molecule has 0 bridgehead atoms. The van der Waals surface area contributed by atoms with E-state index < -0.39 is 0 Å². The molecule has 0 amide bonds. The Bertz CT molecular complexity index is 802. The van der Waals surface area contributed by atoms with Gasteiger partial charge in [0.25, 0.3) is 0 Å². The molecule has 2 N–H and O–H groups in total. The highest BCUT2D eigenvalue weighted by Gasteiger charge is 2.40. The lowest BCUT2D eigenvalue weighted by Gasteiger charge is -2.43. The first-order valence-electron chi connectivity index (χ1n) is 10.7. The summed E-state index contributed by atoms with van der Waals surface area (Å²) in [4.78, 5) is 7.06. The number of benzene rings is 1. The van der Waals surface area contributed by atoms with E-state index in [2.05, 4.69) is 61.7 Å². The summed E-state index contributed by atoms with van der Waals surface area (Å²) in [6.45, 7) is 5.53. The molecule has 2 saturated heterocycles. The number of nitrogens with zero attached hydrogens (tertiary/aromatic N) is 4. The zero-order chi connectivity index (χ0) is 20.7. The lowest BCUT2D eigenvalue weighted by Crippen LogP contribution is -2.60. The number of aliphatic imine (C=N–C) groups is 1. The fraction of sp³-hybridized carbons (Fsp3) is 0.545. The molecule has 1 unspecified atom stereocenters. The van der Waals surface area contributed by atoms with Gasteiger partial charge >= 0.3 is 0 Å². The number of aromatic nitrogens is 2. The van der Waals surface area contributed by atoms with Gasteiger partial charge in [-0.1, -0.05) is 12.1 Å². The van der Waals surface area contributed by atoms with Crippen molar-refractivity contribution in [3.05, 3.63) is 48.3 Å². The first kappa shape index (κ1) is 24.3. The fourth-order valence-corrected chi connectivity index (χ4v) is 5.64. The normalized spacial score (nSPS) is 22.2. The minimum absolute atomic E-state index is 0. The molecule has 0 aliphatic carbocycles. The van der Waals surface area contributed by atoms with Crippen LogP contribution in [0.5, 0.6) is 0 Å². The summed E-state index contributed by atoms with van der Waals surface area (Å²) < 4.78 is 7.44. The third-order valence-electron chi connectivity index (χ3n) is 5.98. The number of rotatable bonds is 7. The highest BCUT2D eigenvalue weighted by atomic mass is 127. The quantitative estimate of drug-likeness (QED) is 0.311. The molecule has 1 atom stereocenters. The summed E-state index contributed by atoms with van der Waals surface area (Å²) in [5.41, 5.74) is 2.59. The van der Waals surface area contributed by atoms with E-state index in [9.17, 15) is 0 Å². The van der Waals surface area contributed by atoms with Crippen molar-refractivity contribution in [2.75, 3.05) is 57.9 Å². The van der Waals surface area contributed by atoms with Crippen LogP contribution in [-0.2, 0) is 11.2 Å². The van der Waals surface area contributed by atoms with Gasteiger partial charge in [-0.15, -0.1) is 24.0 Å². The Morgan fingerprint density at radius 2 is 2.03 bits per heavy atom. The summed E-state index contributed by atoms with van der Waals surface area (Å²) in [7, 11) is 1.85. The highest BCUT2D eigenvalue weighted by Crippen LogP contribution is 2.33. The van der Waals surface area contributed by atoms with E-state index in [1.165, 1.54) is 23.5 Å². The van der Waals surface area contributed by atoms with Crippen LogP contribution < -0.4 is 10.6 Å². The van der Waals surface area contributed by atoms with E-state index in [-0.39, 0.29) is 29.5 Å². The van der Waals surface area contributed by atoms with Crippen LogP contribution in [0.25, 0.3) is 5.69 Å². The minimum atomic E-state index is 0. The van der Waals surface area contributed by atoms with Gasteiger partial charge in [-0.05, 0) is 42.4 Å². The SMILES string of the molecule is CN=C(NCCc1ccc(-n2cccn2)cc1)NCC1(N2CCOCC2)CCSC1.I. The predicted octanol–water partition coefficient (Wildman–Crippen LogP) is 2.41. The van der Waals surface area contributed by atoms with Crippen molar-refractivity contribution in [1.82, 2.24) is 25.3 Å². The molecule has 4 rings (SSSR count). The summed E-state index contributed by atoms with van der Waals surface area (Å²) in [5.74, 6) is 3.30. The van der Waals surface area contributed by atoms with E-state index in [0.29, 0.717) is 0 Å². The van der Waals surface area contributed by atoms with Crippen LogP contribution in [0.2, 0.25) is 0 Å². The second-order valence-electron chi connectivity index (χ2n) is 7.85. The molecule has 0 radical (unpaired) electrons. The van der Waals surface area contributed by atoms with Crippen LogP contribution in [0.15, 0.2) is 47.7 Å². The summed E-state index contributed by atoms with van der Waals surface area (Å²) in [5, 5.41) is 11.3. The van der Waals surface area contributed by atoms with Gasteiger partial charge in [-0.2, -0.15) is 16.9 Å². The van der Waals surface area contributed by atoms with Crippen molar-refractivity contribution >= 4 is 41.7 Å². The van der Waals surface area contributed by atoms with Gasteiger partial charge in [0.1, 0.15) is 0 Å². The van der Waals surface area contributed by atoms with E-state index in [0.717, 1.165) is 57.5 Å². The second kappa shape index (κ2) is 12.1. The lowest BCUT2D eigenvalue weighted by atomic mass is 9.95. The lowest BCUT2D eigenvalue weighted by molar-refractivity contribution is -0.0120. The van der Waals surface area contributed by atoms with Crippen molar-refractivity contribution in [3.8, 4) is 5.69 Å².